The van der Waals surface area contributed by atoms with Gasteiger partial charge >= 0.3 is 0 Å². The summed E-state index contributed by atoms with van der Waals surface area (Å²) in [5, 5.41) is 0. The van der Waals surface area contributed by atoms with Gasteiger partial charge in [-0.1, -0.05) is 60.7 Å². The Hall–Kier alpha value is -6.20. The number of aromatic nitrogens is 5. The predicted molar refractivity (Wildman–Crippen MR) is 182 cm³/mol. The van der Waals surface area contributed by atoms with E-state index in [2.05, 4.69) is 117 Å². The van der Waals surface area contributed by atoms with E-state index in [4.69, 9.17) is 4.98 Å². The van der Waals surface area contributed by atoms with E-state index in [1.165, 1.54) is 0 Å². The number of fused-ring (bicyclic) bond motifs is 1. The number of hydrogen-bond donors (Lipinski definition) is 0. The molecule has 0 saturated carbocycles. The molecule has 0 aliphatic rings. The Morgan fingerprint density at radius 1 is 0.400 bits per heavy atom. The van der Waals surface area contributed by atoms with E-state index >= 15 is 0 Å². The quantitative estimate of drug-likeness (QED) is 0.197. The maximum Gasteiger partial charge on any atom is 0.146 e. The molecule has 4 heterocycles. The van der Waals surface area contributed by atoms with Crippen LogP contribution in [0.3, 0.4) is 0 Å². The van der Waals surface area contributed by atoms with Gasteiger partial charge in [-0.15, -0.1) is 0 Å². The SMILES string of the molecule is c1ccc(-n2c(-c3cc(-c4cc(-c5cccnc5)cc(-c5cccnc5)c4)ccc3-c3cccnc3)nc3ccccc32)cc1. The number of pyridine rings is 3. The average Bonchev–Trinajstić information content (AvgIpc) is 3.52. The van der Waals surface area contributed by atoms with Crippen molar-refractivity contribution in [1.82, 2.24) is 24.5 Å². The van der Waals surface area contributed by atoms with Gasteiger partial charge < -0.3 is 0 Å². The molecule has 8 rings (SSSR count). The number of para-hydroxylation sites is 3. The summed E-state index contributed by atoms with van der Waals surface area (Å²) in [5.41, 5.74) is 12.7. The van der Waals surface area contributed by atoms with Crippen molar-refractivity contribution >= 4 is 11.0 Å². The Morgan fingerprint density at radius 3 is 1.60 bits per heavy atom. The molecule has 4 aromatic heterocycles. The molecule has 45 heavy (non-hydrogen) atoms. The highest BCUT2D eigenvalue weighted by atomic mass is 15.1. The van der Waals surface area contributed by atoms with E-state index in [0.29, 0.717) is 0 Å². The molecule has 0 atom stereocenters. The van der Waals surface area contributed by atoms with Crippen molar-refractivity contribution in [3.05, 3.63) is 165 Å². The van der Waals surface area contributed by atoms with E-state index in [9.17, 15) is 0 Å². The smallest absolute Gasteiger partial charge is 0.146 e. The second kappa shape index (κ2) is 11.5. The molecule has 0 aliphatic carbocycles. The lowest BCUT2D eigenvalue weighted by molar-refractivity contribution is 1.10. The Kier molecular flexibility index (Phi) is 6.74. The summed E-state index contributed by atoms with van der Waals surface area (Å²) in [6.45, 7) is 0. The number of imidazole rings is 1. The summed E-state index contributed by atoms with van der Waals surface area (Å²) in [4.78, 5) is 18.5. The molecule has 0 saturated heterocycles. The third-order valence-corrected chi connectivity index (χ3v) is 8.06. The van der Waals surface area contributed by atoms with Gasteiger partial charge in [0.05, 0.1) is 11.0 Å². The topological polar surface area (TPSA) is 56.5 Å². The minimum Gasteiger partial charge on any atom is -0.292 e. The van der Waals surface area contributed by atoms with Gasteiger partial charge in [0.1, 0.15) is 5.82 Å². The Balaban J connectivity index is 1.39. The largest absolute Gasteiger partial charge is 0.292 e. The second-order valence-corrected chi connectivity index (χ2v) is 10.9. The van der Waals surface area contributed by atoms with Crippen LogP contribution in [0.2, 0.25) is 0 Å². The van der Waals surface area contributed by atoms with Crippen LogP contribution in [-0.4, -0.2) is 24.5 Å². The van der Waals surface area contributed by atoms with Crippen molar-refractivity contribution in [3.8, 4) is 61.6 Å². The highest BCUT2D eigenvalue weighted by Crippen LogP contribution is 2.39. The van der Waals surface area contributed by atoms with Crippen molar-refractivity contribution in [3.63, 3.8) is 0 Å². The molecule has 0 spiro atoms. The third kappa shape index (κ3) is 5.07. The molecule has 8 aromatic rings. The van der Waals surface area contributed by atoms with Crippen molar-refractivity contribution in [2.24, 2.45) is 0 Å². The van der Waals surface area contributed by atoms with Crippen molar-refractivity contribution in [2.75, 3.05) is 0 Å². The lowest BCUT2D eigenvalue weighted by Gasteiger charge is -2.16. The van der Waals surface area contributed by atoms with Crippen molar-refractivity contribution in [2.45, 2.75) is 0 Å². The Labute approximate surface area is 261 Å². The number of nitrogens with zero attached hydrogens (tertiary/aromatic N) is 5. The van der Waals surface area contributed by atoms with E-state index in [1.54, 1.807) is 18.6 Å². The fraction of sp³-hybridized carbons (Fsp3) is 0. The standard InChI is InChI=1S/C40H27N5/c1-2-12-35(13-3-1)45-39-15-5-4-14-38(39)44-40(45)37-24-28(16-17-36(37)31-11-8-20-43-27-31)32-21-33(29-9-6-18-41-25-29)23-34(22-32)30-10-7-19-42-26-30/h1-27H. The van der Waals surface area contributed by atoms with Crippen LogP contribution >= 0.6 is 0 Å². The zero-order valence-electron chi connectivity index (χ0n) is 24.3. The number of rotatable bonds is 6. The van der Waals surface area contributed by atoms with Gasteiger partial charge in [0, 0.05) is 65.1 Å². The second-order valence-electron chi connectivity index (χ2n) is 10.9. The van der Waals surface area contributed by atoms with E-state index < -0.39 is 0 Å². The maximum absolute atomic E-state index is 5.24. The zero-order valence-corrected chi connectivity index (χ0v) is 24.3. The van der Waals surface area contributed by atoms with Crippen LogP contribution in [0.5, 0.6) is 0 Å². The summed E-state index contributed by atoms with van der Waals surface area (Å²) in [6.07, 6.45) is 11.1. The van der Waals surface area contributed by atoms with Gasteiger partial charge in [0.15, 0.2) is 0 Å². The van der Waals surface area contributed by atoms with Gasteiger partial charge in [-0.3, -0.25) is 19.5 Å². The first-order chi connectivity index (χ1) is 22.3. The van der Waals surface area contributed by atoms with Gasteiger partial charge in [-0.2, -0.15) is 0 Å². The first-order valence-electron chi connectivity index (χ1n) is 14.9. The van der Waals surface area contributed by atoms with Crippen LogP contribution in [0.15, 0.2) is 165 Å². The molecule has 0 aliphatic heterocycles. The number of benzene rings is 4. The minimum atomic E-state index is 0.874. The summed E-state index contributed by atoms with van der Waals surface area (Å²) in [5.74, 6) is 0.874. The van der Waals surface area contributed by atoms with Gasteiger partial charge in [0.25, 0.3) is 0 Å². The fourth-order valence-electron chi connectivity index (χ4n) is 5.92. The molecule has 5 nitrogen and oxygen atoms in total. The monoisotopic (exact) mass is 577 g/mol. The van der Waals surface area contributed by atoms with Crippen LogP contribution < -0.4 is 0 Å². The highest BCUT2D eigenvalue weighted by molar-refractivity contribution is 5.91. The maximum atomic E-state index is 5.24. The lowest BCUT2D eigenvalue weighted by atomic mass is 9.91. The molecule has 0 unspecified atom stereocenters. The molecule has 0 amide bonds. The molecule has 4 aromatic carbocycles. The molecule has 212 valence electrons. The summed E-state index contributed by atoms with van der Waals surface area (Å²) in [7, 11) is 0. The molecular weight excluding hydrogens is 550 g/mol. The first kappa shape index (κ1) is 26.4. The minimum absolute atomic E-state index is 0.874. The van der Waals surface area contributed by atoms with Gasteiger partial charge in [0.2, 0.25) is 0 Å². The molecule has 0 fully saturated rings. The number of hydrogen-bond acceptors (Lipinski definition) is 4. The molecule has 0 N–H and O–H groups in total. The highest BCUT2D eigenvalue weighted by Gasteiger charge is 2.19. The van der Waals surface area contributed by atoms with E-state index in [-0.39, 0.29) is 0 Å². The van der Waals surface area contributed by atoms with Gasteiger partial charge in [-0.05, 0) is 94.5 Å². The van der Waals surface area contributed by atoms with Crippen molar-refractivity contribution < 1.29 is 0 Å². The molecular formula is C40H27N5. The summed E-state index contributed by atoms with van der Waals surface area (Å²) < 4.78 is 2.25. The van der Waals surface area contributed by atoms with E-state index in [0.717, 1.165) is 72.6 Å². The third-order valence-electron chi connectivity index (χ3n) is 8.06. The van der Waals surface area contributed by atoms with Crippen molar-refractivity contribution in [1.29, 1.82) is 0 Å². The van der Waals surface area contributed by atoms with Crippen LogP contribution in [0.1, 0.15) is 0 Å². The normalized spacial score (nSPS) is 11.1. The fourth-order valence-corrected chi connectivity index (χ4v) is 5.92. The van der Waals surface area contributed by atoms with Crippen LogP contribution in [-0.2, 0) is 0 Å². The molecule has 5 heteroatoms. The van der Waals surface area contributed by atoms with Gasteiger partial charge in [-0.25, -0.2) is 4.98 Å². The first-order valence-corrected chi connectivity index (χ1v) is 14.9. The van der Waals surface area contributed by atoms with Crippen LogP contribution in [0, 0.1) is 0 Å². The molecule has 0 radical (unpaired) electrons. The summed E-state index contributed by atoms with van der Waals surface area (Å²) in [6, 6.07) is 44.3. The van der Waals surface area contributed by atoms with Crippen LogP contribution in [0.4, 0.5) is 0 Å². The van der Waals surface area contributed by atoms with E-state index in [1.807, 2.05) is 48.9 Å². The molecule has 0 bridgehead atoms. The lowest BCUT2D eigenvalue weighted by Crippen LogP contribution is -1.99. The zero-order chi connectivity index (χ0) is 30.0. The summed E-state index contributed by atoms with van der Waals surface area (Å²) >= 11 is 0. The Bertz CT molecular complexity index is 2190. The van der Waals surface area contributed by atoms with Crippen LogP contribution in [0.25, 0.3) is 72.6 Å². The predicted octanol–water partition coefficient (Wildman–Crippen LogP) is 9.55. The Morgan fingerprint density at radius 2 is 0.978 bits per heavy atom. The average molecular weight is 578 g/mol.